The zero-order valence-corrected chi connectivity index (χ0v) is 16.3. The molecule has 0 bridgehead atoms. The number of hydrogen-bond acceptors (Lipinski definition) is 4. The van der Waals surface area contributed by atoms with Crippen LogP contribution in [0.5, 0.6) is 0 Å². The van der Waals surface area contributed by atoms with Crippen LogP contribution >= 0.6 is 34.7 Å². The molecule has 0 N–H and O–H groups in total. The molecule has 0 spiro atoms. The lowest BCUT2D eigenvalue weighted by Gasteiger charge is -2.08. The summed E-state index contributed by atoms with van der Waals surface area (Å²) in [5, 5.41) is 13.9. The van der Waals surface area contributed by atoms with Crippen molar-refractivity contribution in [2.75, 3.05) is 0 Å². The van der Waals surface area contributed by atoms with Crippen LogP contribution in [0.2, 0.25) is 5.02 Å². The molecule has 3 nitrogen and oxygen atoms in total. The van der Waals surface area contributed by atoms with Crippen LogP contribution in [0.1, 0.15) is 5.56 Å². The Morgan fingerprint density at radius 2 is 1.92 bits per heavy atom. The fourth-order valence-electron chi connectivity index (χ4n) is 2.80. The molecule has 0 saturated carbocycles. The summed E-state index contributed by atoms with van der Waals surface area (Å²) in [4.78, 5) is 0. The first-order valence-electron chi connectivity index (χ1n) is 8.15. The third kappa shape index (κ3) is 3.30. The third-order valence-corrected chi connectivity index (χ3v) is 6.41. The fraction of sp³-hybridized carbons (Fsp3) is 0.100. The summed E-state index contributed by atoms with van der Waals surface area (Å²) in [6, 6.07) is 16.3. The Balaban J connectivity index is 1.69. The molecular weight excluding hydrogens is 382 g/mol. The molecule has 0 unspecified atom stereocenters. The van der Waals surface area contributed by atoms with Crippen molar-refractivity contribution < 1.29 is 0 Å². The van der Waals surface area contributed by atoms with Crippen molar-refractivity contribution in [3.63, 3.8) is 0 Å². The van der Waals surface area contributed by atoms with Crippen molar-refractivity contribution in [1.82, 2.24) is 14.8 Å². The van der Waals surface area contributed by atoms with E-state index in [1.165, 1.54) is 10.1 Å². The van der Waals surface area contributed by atoms with Gasteiger partial charge in [-0.3, -0.25) is 4.57 Å². The first kappa shape index (κ1) is 17.3. The number of thiophene rings is 1. The first-order valence-corrected chi connectivity index (χ1v) is 10.4. The molecule has 4 rings (SSSR count). The highest BCUT2D eigenvalue weighted by Gasteiger charge is 2.17. The fourth-order valence-corrected chi connectivity index (χ4v) is 4.97. The minimum absolute atomic E-state index is 0.664. The molecule has 2 aromatic heterocycles. The number of hydrogen-bond donors (Lipinski definition) is 0. The highest BCUT2D eigenvalue weighted by Crippen LogP contribution is 2.35. The average molecular weight is 398 g/mol. The zero-order chi connectivity index (χ0) is 17.9. The van der Waals surface area contributed by atoms with Gasteiger partial charge < -0.3 is 0 Å². The smallest absolute Gasteiger partial charge is 0.192 e. The van der Waals surface area contributed by atoms with E-state index in [2.05, 4.69) is 51.0 Å². The van der Waals surface area contributed by atoms with Gasteiger partial charge in [-0.15, -0.1) is 28.1 Å². The Hall–Kier alpha value is -2.08. The zero-order valence-electron chi connectivity index (χ0n) is 13.9. The van der Waals surface area contributed by atoms with E-state index in [1.807, 2.05) is 30.3 Å². The van der Waals surface area contributed by atoms with Gasteiger partial charge in [0.15, 0.2) is 11.0 Å². The summed E-state index contributed by atoms with van der Waals surface area (Å²) in [6.45, 7) is 4.55. The Morgan fingerprint density at radius 3 is 2.77 bits per heavy atom. The van der Waals surface area contributed by atoms with Gasteiger partial charge in [0.05, 0.1) is 0 Å². The first-order chi connectivity index (χ1) is 12.8. The van der Waals surface area contributed by atoms with Gasteiger partial charge in [-0.2, -0.15) is 0 Å². The molecule has 26 heavy (non-hydrogen) atoms. The lowest BCUT2D eigenvalue weighted by molar-refractivity contribution is 0.731. The number of fused-ring (bicyclic) bond motifs is 1. The molecule has 0 fully saturated rings. The van der Waals surface area contributed by atoms with Crippen LogP contribution in [-0.2, 0) is 12.3 Å². The van der Waals surface area contributed by atoms with Crippen LogP contribution in [0.3, 0.4) is 0 Å². The van der Waals surface area contributed by atoms with Crippen molar-refractivity contribution in [1.29, 1.82) is 0 Å². The average Bonchev–Trinajstić information content (AvgIpc) is 3.25. The van der Waals surface area contributed by atoms with Gasteiger partial charge in [0.2, 0.25) is 0 Å². The van der Waals surface area contributed by atoms with Crippen molar-refractivity contribution in [2.24, 2.45) is 0 Å². The van der Waals surface area contributed by atoms with Gasteiger partial charge in [-0.25, -0.2) is 0 Å². The summed E-state index contributed by atoms with van der Waals surface area (Å²) in [5.41, 5.74) is 2.21. The van der Waals surface area contributed by atoms with Crippen LogP contribution in [0, 0.1) is 0 Å². The van der Waals surface area contributed by atoms with Gasteiger partial charge in [0.1, 0.15) is 0 Å². The lowest BCUT2D eigenvalue weighted by Crippen LogP contribution is -2.00. The normalized spacial score (nSPS) is 11.1. The number of benzene rings is 2. The van der Waals surface area contributed by atoms with Crippen LogP contribution < -0.4 is 0 Å². The lowest BCUT2D eigenvalue weighted by atomic mass is 10.1. The Labute approximate surface area is 165 Å². The topological polar surface area (TPSA) is 30.7 Å². The van der Waals surface area contributed by atoms with E-state index >= 15 is 0 Å². The molecule has 130 valence electrons. The Morgan fingerprint density at radius 1 is 1.12 bits per heavy atom. The number of rotatable bonds is 6. The van der Waals surface area contributed by atoms with Gasteiger partial charge in [0, 0.05) is 38.3 Å². The second kappa shape index (κ2) is 7.66. The van der Waals surface area contributed by atoms with Crippen LogP contribution in [0.25, 0.3) is 21.5 Å². The van der Waals surface area contributed by atoms with Gasteiger partial charge in [0.25, 0.3) is 0 Å². The van der Waals surface area contributed by atoms with E-state index in [9.17, 15) is 0 Å². The predicted molar refractivity (Wildman–Crippen MR) is 112 cm³/mol. The van der Waals surface area contributed by atoms with E-state index in [-0.39, 0.29) is 0 Å². The minimum atomic E-state index is 0.664. The number of nitrogens with zero attached hydrogens (tertiary/aromatic N) is 3. The Bertz CT molecular complexity index is 1070. The summed E-state index contributed by atoms with van der Waals surface area (Å²) in [7, 11) is 0. The van der Waals surface area contributed by atoms with Gasteiger partial charge in [-0.05, 0) is 17.7 Å². The second-order valence-electron chi connectivity index (χ2n) is 5.73. The van der Waals surface area contributed by atoms with Crippen molar-refractivity contribution >= 4 is 44.8 Å². The maximum absolute atomic E-state index is 6.27. The van der Waals surface area contributed by atoms with Crippen molar-refractivity contribution in [3.8, 4) is 11.4 Å². The van der Waals surface area contributed by atoms with Crippen LogP contribution in [0.15, 0.2) is 71.7 Å². The summed E-state index contributed by atoms with van der Waals surface area (Å²) >= 11 is 9.64. The molecule has 0 radical (unpaired) electrons. The minimum Gasteiger partial charge on any atom is -0.298 e. The summed E-state index contributed by atoms with van der Waals surface area (Å²) in [5.74, 6) is 1.63. The largest absolute Gasteiger partial charge is 0.298 e. The second-order valence-corrected chi connectivity index (χ2v) is 7.99. The molecule has 0 atom stereocenters. The molecule has 0 aliphatic heterocycles. The maximum Gasteiger partial charge on any atom is 0.192 e. The number of thioether (sulfide) groups is 1. The summed E-state index contributed by atoms with van der Waals surface area (Å²) in [6.07, 6.45) is 1.88. The molecule has 4 aromatic rings. The quantitative estimate of drug-likeness (QED) is 0.283. The number of aromatic nitrogens is 3. The predicted octanol–water partition coefficient (Wildman–Crippen LogP) is 6.29. The molecule has 0 saturated heterocycles. The van der Waals surface area contributed by atoms with Gasteiger partial charge in [-0.1, -0.05) is 65.8 Å². The van der Waals surface area contributed by atoms with Crippen LogP contribution in [-0.4, -0.2) is 14.8 Å². The SMILES string of the molecule is C=CCn1c(SCc2ccccc2Cl)nnc1-c1csc2ccccc12. The molecular formula is C20H16ClN3S2. The molecule has 0 aliphatic rings. The van der Waals surface area contributed by atoms with E-state index in [1.54, 1.807) is 23.1 Å². The molecule has 6 heteroatoms. The number of allylic oxidation sites excluding steroid dienone is 1. The standard InChI is InChI=1S/C20H16ClN3S2/c1-2-11-24-19(16-13-25-18-10-6-4-8-15(16)18)22-23-20(24)26-12-14-7-3-5-9-17(14)21/h2-10,13H,1,11-12H2. The third-order valence-electron chi connectivity index (χ3n) is 4.07. The molecule has 2 aromatic carbocycles. The molecule has 0 amide bonds. The van der Waals surface area contributed by atoms with Crippen LogP contribution in [0.4, 0.5) is 0 Å². The van der Waals surface area contributed by atoms with Crippen molar-refractivity contribution in [2.45, 2.75) is 17.5 Å². The molecule has 0 aliphatic carbocycles. The highest BCUT2D eigenvalue weighted by atomic mass is 35.5. The van der Waals surface area contributed by atoms with E-state index in [4.69, 9.17) is 11.6 Å². The highest BCUT2D eigenvalue weighted by molar-refractivity contribution is 7.98. The summed E-state index contributed by atoms with van der Waals surface area (Å²) < 4.78 is 3.36. The van der Waals surface area contributed by atoms with E-state index in [0.717, 1.165) is 32.9 Å². The monoisotopic (exact) mass is 397 g/mol. The van der Waals surface area contributed by atoms with Crippen molar-refractivity contribution in [3.05, 3.63) is 77.2 Å². The van der Waals surface area contributed by atoms with E-state index < -0.39 is 0 Å². The molecule has 2 heterocycles. The Kier molecular flexibility index (Phi) is 5.11. The van der Waals surface area contributed by atoms with E-state index in [0.29, 0.717) is 6.54 Å². The maximum atomic E-state index is 6.27. The number of halogens is 1. The van der Waals surface area contributed by atoms with Gasteiger partial charge >= 0.3 is 0 Å².